The van der Waals surface area contributed by atoms with Gasteiger partial charge < -0.3 is 29.2 Å². The van der Waals surface area contributed by atoms with Gasteiger partial charge in [-0.1, -0.05) is 5.16 Å². The van der Waals surface area contributed by atoms with Crippen molar-refractivity contribution in [2.24, 2.45) is 0 Å². The van der Waals surface area contributed by atoms with Gasteiger partial charge in [0.05, 0.1) is 6.33 Å². The van der Waals surface area contributed by atoms with Crippen molar-refractivity contribution >= 4 is 23.7 Å². The second-order valence-electron chi connectivity index (χ2n) is 6.54. The topological polar surface area (TPSA) is 171 Å². The maximum absolute atomic E-state index is 11.7. The van der Waals surface area contributed by atoms with Crippen LogP contribution in [0.4, 0.5) is 5.82 Å². The van der Waals surface area contributed by atoms with Gasteiger partial charge in [0, 0.05) is 27.7 Å². The molecular formula is C17H21N5O8. The standard InChI is InChI=1S/C17H21N5O8/c1-7-20-16(21-30-7)12-15(18)22(6-19-12)17-14(28-10(4)25)13(27-9(3)24)11(29-17)5-26-8(2)23/h6,11,13-14,17H,5,18H2,1-4H3/t11-,13-,14-,17-/m1/s1. The van der Waals surface area contributed by atoms with E-state index >= 15 is 0 Å². The third-order valence-corrected chi connectivity index (χ3v) is 4.19. The number of anilines is 1. The first-order valence-electron chi connectivity index (χ1n) is 8.93. The molecule has 4 atom stereocenters. The summed E-state index contributed by atoms with van der Waals surface area (Å²) in [4.78, 5) is 42.8. The molecule has 3 heterocycles. The molecular weight excluding hydrogens is 402 g/mol. The summed E-state index contributed by atoms with van der Waals surface area (Å²) in [5, 5.41) is 3.78. The number of nitrogens with two attached hydrogens (primary N) is 1. The van der Waals surface area contributed by atoms with E-state index in [4.69, 9.17) is 29.2 Å². The highest BCUT2D eigenvalue weighted by molar-refractivity contribution is 5.68. The molecule has 1 saturated heterocycles. The van der Waals surface area contributed by atoms with E-state index in [0.717, 1.165) is 0 Å². The van der Waals surface area contributed by atoms with Crippen LogP contribution in [0.3, 0.4) is 0 Å². The van der Waals surface area contributed by atoms with E-state index in [-0.39, 0.29) is 23.9 Å². The quantitative estimate of drug-likeness (QED) is 0.493. The summed E-state index contributed by atoms with van der Waals surface area (Å²) in [5.74, 6) is -1.22. The second kappa shape index (κ2) is 8.49. The lowest BCUT2D eigenvalue weighted by molar-refractivity contribution is -0.166. The molecule has 2 aromatic rings. The Hall–Kier alpha value is -3.48. The highest BCUT2D eigenvalue weighted by Crippen LogP contribution is 2.37. The number of hydrogen-bond acceptors (Lipinski definition) is 12. The van der Waals surface area contributed by atoms with Crippen LogP contribution in [-0.2, 0) is 33.3 Å². The fourth-order valence-electron chi connectivity index (χ4n) is 3.06. The molecule has 30 heavy (non-hydrogen) atoms. The van der Waals surface area contributed by atoms with Crippen LogP contribution >= 0.6 is 0 Å². The Kier molecular flexibility index (Phi) is 6.01. The van der Waals surface area contributed by atoms with Crippen LogP contribution in [0.5, 0.6) is 0 Å². The maximum atomic E-state index is 11.7. The molecule has 0 spiro atoms. The van der Waals surface area contributed by atoms with Gasteiger partial charge in [-0.15, -0.1) is 0 Å². The molecule has 2 aromatic heterocycles. The molecule has 13 nitrogen and oxygen atoms in total. The van der Waals surface area contributed by atoms with E-state index in [0.29, 0.717) is 5.89 Å². The van der Waals surface area contributed by atoms with Crippen molar-refractivity contribution < 1.29 is 37.9 Å². The lowest BCUT2D eigenvalue weighted by Gasteiger charge is -2.24. The zero-order valence-electron chi connectivity index (χ0n) is 16.7. The molecule has 13 heteroatoms. The summed E-state index contributed by atoms with van der Waals surface area (Å²) >= 11 is 0. The fraction of sp³-hybridized carbons (Fsp3) is 0.529. The molecule has 3 rings (SSSR count). The van der Waals surface area contributed by atoms with Crippen molar-refractivity contribution in [3.8, 4) is 11.5 Å². The third kappa shape index (κ3) is 4.40. The lowest BCUT2D eigenvalue weighted by Crippen LogP contribution is -2.40. The van der Waals surface area contributed by atoms with Gasteiger partial charge >= 0.3 is 17.9 Å². The number of nitrogen functional groups attached to an aromatic ring is 1. The van der Waals surface area contributed by atoms with Gasteiger partial charge in [-0.25, -0.2) is 4.98 Å². The molecule has 1 aliphatic heterocycles. The van der Waals surface area contributed by atoms with Gasteiger partial charge in [-0.05, 0) is 0 Å². The molecule has 2 N–H and O–H groups in total. The van der Waals surface area contributed by atoms with Gasteiger partial charge in [0.1, 0.15) is 18.5 Å². The Morgan fingerprint density at radius 2 is 1.80 bits per heavy atom. The Bertz CT molecular complexity index is 954. The summed E-state index contributed by atoms with van der Waals surface area (Å²) in [7, 11) is 0. The maximum Gasteiger partial charge on any atom is 0.303 e. The lowest BCUT2D eigenvalue weighted by atomic mass is 10.1. The zero-order valence-corrected chi connectivity index (χ0v) is 16.7. The number of carbonyl (C=O) groups excluding carboxylic acids is 3. The third-order valence-electron chi connectivity index (χ3n) is 4.19. The minimum Gasteiger partial charge on any atom is -0.463 e. The molecule has 0 aliphatic carbocycles. The molecule has 1 fully saturated rings. The van der Waals surface area contributed by atoms with E-state index in [2.05, 4.69) is 15.1 Å². The second-order valence-corrected chi connectivity index (χ2v) is 6.54. The molecule has 0 unspecified atom stereocenters. The van der Waals surface area contributed by atoms with Crippen LogP contribution in [-0.4, -0.2) is 62.5 Å². The van der Waals surface area contributed by atoms with E-state index in [1.54, 1.807) is 6.92 Å². The smallest absolute Gasteiger partial charge is 0.303 e. The van der Waals surface area contributed by atoms with Crippen molar-refractivity contribution in [1.29, 1.82) is 0 Å². The first kappa shape index (κ1) is 21.2. The van der Waals surface area contributed by atoms with Crippen LogP contribution in [0.15, 0.2) is 10.9 Å². The minimum atomic E-state index is -1.08. The highest BCUT2D eigenvalue weighted by Gasteiger charge is 2.51. The Morgan fingerprint density at radius 3 is 2.37 bits per heavy atom. The number of carbonyl (C=O) groups is 3. The number of ether oxygens (including phenoxy) is 4. The van der Waals surface area contributed by atoms with Crippen molar-refractivity contribution in [2.75, 3.05) is 12.3 Å². The first-order chi connectivity index (χ1) is 14.2. The van der Waals surface area contributed by atoms with Gasteiger partial charge in [0.2, 0.25) is 11.7 Å². The van der Waals surface area contributed by atoms with Crippen LogP contribution in [0, 0.1) is 6.92 Å². The zero-order chi connectivity index (χ0) is 22.0. The number of rotatable bonds is 6. The molecule has 0 aromatic carbocycles. The van der Waals surface area contributed by atoms with Crippen molar-refractivity contribution in [3.63, 3.8) is 0 Å². The van der Waals surface area contributed by atoms with Gasteiger partial charge in [-0.2, -0.15) is 4.98 Å². The number of imidazole rings is 1. The van der Waals surface area contributed by atoms with Crippen molar-refractivity contribution in [1.82, 2.24) is 19.7 Å². The Balaban J connectivity index is 1.96. The summed E-state index contributed by atoms with van der Waals surface area (Å²) in [5.41, 5.74) is 6.42. The average molecular weight is 423 g/mol. The van der Waals surface area contributed by atoms with Crippen molar-refractivity contribution in [3.05, 3.63) is 12.2 Å². The molecule has 1 aliphatic rings. The molecule has 0 bridgehead atoms. The van der Waals surface area contributed by atoms with Gasteiger partial charge in [0.15, 0.2) is 24.1 Å². The highest BCUT2D eigenvalue weighted by atomic mass is 16.7. The predicted octanol–water partition coefficient (Wildman–Crippen LogP) is 0.148. The summed E-state index contributed by atoms with van der Waals surface area (Å²) in [6, 6.07) is 0. The number of aryl methyl sites for hydroxylation is 1. The fourth-order valence-corrected chi connectivity index (χ4v) is 3.06. The average Bonchev–Trinajstić information content (AvgIpc) is 3.31. The van der Waals surface area contributed by atoms with Crippen LogP contribution in [0.1, 0.15) is 32.9 Å². The Morgan fingerprint density at radius 1 is 1.13 bits per heavy atom. The Labute approximate surface area is 170 Å². The largest absolute Gasteiger partial charge is 0.463 e. The number of nitrogens with zero attached hydrogens (tertiary/aromatic N) is 4. The minimum absolute atomic E-state index is 0.104. The van der Waals surface area contributed by atoms with Crippen molar-refractivity contribution in [2.45, 2.75) is 52.2 Å². The van der Waals surface area contributed by atoms with E-state index in [9.17, 15) is 14.4 Å². The summed E-state index contributed by atoms with van der Waals surface area (Å²) < 4.78 is 27.9. The summed E-state index contributed by atoms with van der Waals surface area (Å²) in [6.07, 6.45) is -2.72. The van der Waals surface area contributed by atoms with Crippen LogP contribution in [0.25, 0.3) is 11.5 Å². The number of hydrogen-bond donors (Lipinski definition) is 1. The molecule has 0 radical (unpaired) electrons. The number of aromatic nitrogens is 4. The van der Waals surface area contributed by atoms with Gasteiger partial charge in [-0.3, -0.25) is 19.0 Å². The predicted molar refractivity (Wildman–Crippen MR) is 96.3 cm³/mol. The van der Waals surface area contributed by atoms with Gasteiger partial charge in [0.25, 0.3) is 0 Å². The van der Waals surface area contributed by atoms with E-state index in [1.165, 1.54) is 31.7 Å². The normalized spacial score (nSPS) is 23.2. The first-order valence-corrected chi connectivity index (χ1v) is 8.93. The monoisotopic (exact) mass is 423 g/mol. The summed E-state index contributed by atoms with van der Waals surface area (Å²) in [6.45, 7) is 5.01. The van der Waals surface area contributed by atoms with E-state index in [1.807, 2.05) is 0 Å². The van der Waals surface area contributed by atoms with Crippen LogP contribution < -0.4 is 5.73 Å². The van der Waals surface area contributed by atoms with E-state index < -0.39 is 42.4 Å². The number of esters is 3. The molecule has 0 amide bonds. The molecule has 162 valence electrons. The SMILES string of the molecule is CC(=O)OC[C@H]1O[C@@H](n2cnc(-c3noc(C)n3)c2N)[C@H](OC(C)=O)[C@@H]1OC(C)=O. The molecule has 0 saturated carbocycles. The van der Waals surface area contributed by atoms with Crippen LogP contribution in [0.2, 0.25) is 0 Å².